The third kappa shape index (κ3) is 2.21. The quantitative estimate of drug-likeness (QED) is 0.815. The van der Waals surface area contributed by atoms with E-state index in [9.17, 15) is 9.59 Å². The van der Waals surface area contributed by atoms with Gasteiger partial charge in [0.05, 0.1) is 6.04 Å². The Kier molecular flexibility index (Phi) is 2.98. The van der Waals surface area contributed by atoms with Crippen molar-refractivity contribution in [3.8, 4) is 0 Å². The topological polar surface area (TPSA) is 49.9 Å². The van der Waals surface area contributed by atoms with Gasteiger partial charge in [-0.2, -0.15) is 5.01 Å². The van der Waals surface area contributed by atoms with E-state index in [-0.39, 0.29) is 24.5 Å². The van der Waals surface area contributed by atoms with Crippen molar-refractivity contribution >= 4 is 12.0 Å². The average molecular weight is 260 g/mol. The third-order valence-corrected chi connectivity index (χ3v) is 3.62. The third-order valence-electron chi connectivity index (χ3n) is 3.62. The number of amides is 2. The van der Waals surface area contributed by atoms with Crippen molar-refractivity contribution in [2.75, 3.05) is 13.7 Å². The monoisotopic (exact) mass is 260 g/mol. The summed E-state index contributed by atoms with van der Waals surface area (Å²) >= 11 is 0. The van der Waals surface area contributed by atoms with Crippen LogP contribution in [0.1, 0.15) is 24.4 Å². The molecule has 2 aliphatic rings. The van der Waals surface area contributed by atoms with Crippen molar-refractivity contribution in [1.29, 1.82) is 0 Å². The molecule has 3 rings (SSSR count). The smallest absolute Gasteiger partial charge is 0.431 e. The van der Waals surface area contributed by atoms with Crippen molar-refractivity contribution in [3.63, 3.8) is 0 Å². The minimum atomic E-state index is -0.563. The summed E-state index contributed by atoms with van der Waals surface area (Å²) in [5.41, 5.74) is 1.03. The highest BCUT2D eigenvalue weighted by atomic mass is 16.6. The maximum Gasteiger partial charge on any atom is 0.431 e. The molecule has 5 heteroatoms. The molecule has 0 bridgehead atoms. The van der Waals surface area contributed by atoms with Gasteiger partial charge >= 0.3 is 6.09 Å². The first kappa shape index (κ1) is 12.2. The Balaban J connectivity index is 1.84. The Morgan fingerprint density at radius 2 is 1.95 bits per heavy atom. The zero-order valence-corrected chi connectivity index (χ0v) is 10.8. The zero-order chi connectivity index (χ0) is 13.4. The molecule has 0 aromatic heterocycles. The van der Waals surface area contributed by atoms with Crippen molar-refractivity contribution in [3.05, 3.63) is 35.9 Å². The Hall–Kier alpha value is -1.88. The first-order valence-corrected chi connectivity index (χ1v) is 6.47. The van der Waals surface area contributed by atoms with Gasteiger partial charge in [0.25, 0.3) is 0 Å². The normalized spacial score (nSPS) is 24.2. The molecule has 1 aliphatic carbocycles. The molecule has 2 fully saturated rings. The predicted octanol–water partition coefficient (Wildman–Crippen LogP) is 1.96. The molecule has 0 N–H and O–H groups in total. The van der Waals surface area contributed by atoms with Gasteiger partial charge in [-0.05, 0) is 18.4 Å². The Labute approximate surface area is 111 Å². The molecule has 19 heavy (non-hydrogen) atoms. The zero-order valence-electron chi connectivity index (χ0n) is 10.8. The van der Waals surface area contributed by atoms with E-state index < -0.39 is 6.09 Å². The Morgan fingerprint density at radius 1 is 1.26 bits per heavy atom. The van der Waals surface area contributed by atoms with Crippen molar-refractivity contribution in [2.45, 2.75) is 18.9 Å². The van der Waals surface area contributed by atoms with Crippen LogP contribution in [-0.4, -0.2) is 35.7 Å². The van der Waals surface area contributed by atoms with Crippen molar-refractivity contribution < 1.29 is 14.3 Å². The summed E-state index contributed by atoms with van der Waals surface area (Å²) in [5, 5.41) is 2.85. The minimum absolute atomic E-state index is 0.00970. The molecule has 1 saturated heterocycles. The summed E-state index contributed by atoms with van der Waals surface area (Å²) in [5.74, 6) is -0.155. The second-order valence-corrected chi connectivity index (χ2v) is 5.00. The van der Waals surface area contributed by atoms with Crippen LogP contribution in [0.15, 0.2) is 30.3 Å². The van der Waals surface area contributed by atoms with Gasteiger partial charge in [-0.1, -0.05) is 30.3 Å². The lowest BCUT2D eigenvalue weighted by Crippen LogP contribution is -2.55. The highest BCUT2D eigenvalue weighted by Crippen LogP contribution is 2.34. The Morgan fingerprint density at radius 3 is 2.58 bits per heavy atom. The minimum Gasteiger partial charge on any atom is -0.446 e. The lowest BCUT2D eigenvalue weighted by Gasteiger charge is -2.39. The van der Waals surface area contributed by atoms with Crippen molar-refractivity contribution in [1.82, 2.24) is 10.0 Å². The summed E-state index contributed by atoms with van der Waals surface area (Å²) in [6.07, 6.45) is 1.17. The van der Waals surface area contributed by atoms with Gasteiger partial charge in [-0.3, -0.25) is 4.79 Å². The van der Waals surface area contributed by atoms with E-state index in [1.807, 2.05) is 30.3 Å². The summed E-state index contributed by atoms with van der Waals surface area (Å²) in [6, 6.07) is 9.65. The average Bonchev–Trinajstić information content (AvgIpc) is 3.24. The van der Waals surface area contributed by atoms with Gasteiger partial charge in [0.1, 0.15) is 6.61 Å². The number of rotatable bonds is 2. The number of imide groups is 1. The number of hydrogen-bond acceptors (Lipinski definition) is 4. The molecule has 0 spiro atoms. The molecular weight excluding hydrogens is 244 g/mol. The summed E-state index contributed by atoms with van der Waals surface area (Å²) in [4.78, 5) is 23.9. The standard InChI is InChI=1S/C14H16N2O3/c1-15-12(10-5-3-2-4-6-10)9-19-14(18)16(15)13(17)11-7-8-11/h2-6,11-12H,7-9H2,1H3/t12-/m0/s1. The van der Waals surface area contributed by atoms with Crippen LogP contribution in [0.4, 0.5) is 4.79 Å². The van der Waals surface area contributed by atoms with Gasteiger partial charge in [-0.25, -0.2) is 9.80 Å². The largest absolute Gasteiger partial charge is 0.446 e. The lowest BCUT2D eigenvalue weighted by molar-refractivity contribution is -0.156. The van der Waals surface area contributed by atoms with Crippen LogP contribution in [0.2, 0.25) is 0 Å². The molecule has 1 aromatic carbocycles. The van der Waals surface area contributed by atoms with Gasteiger partial charge in [0.15, 0.2) is 0 Å². The van der Waals surface area contributed by atoms with E-state index in [1.165, 1.54) is 0 Å². The number of ether oxygens (including phenoxy) is 1. The maximum atomic E-state index is 12.1. The van der Waals surface area contributed by atoms with E-state index in [1.54, 1.807) is 12.1 Å². The molecule has 1 heterocycles. The van der Waals surface area contributed by atoms with Crippen LogP contribution >= 0.6 is 0 Å². The fraction of sp³-hybridized carbons (Fsp3) is 0.429. The number of cyclic esters (lactones) is 1. The van der Waals surface area contributed by atoms with E-state index in [4.69, 9.17) is 4.74 Å². The Bertz CT molecular complexity index is 499. The van der Waals surface area contributed by atoms with Gasteiger partial charge in [0.2, 0.25) is 5.91 Å². The second-order valence-electron chi connectivity index (χ2n) is 5.00. The van der Waals surface area contributed by atoms with Crippen LogP contribution in [0, 0.1) is 5.92 Å². The van der Waals surface area contributed by atoms with E-state index in [0.717, 1.165) is 23.4 Å². The number of likely N-dealkylation sites (N-methyl/N-ethyl adjacent to an activating group) is 1. The summed E-state index contributed by atoms with van der Waals surface area (Å²) < 4.78 is 5.15. The number of carbonyl (C=O) groups is 2. The molecule has 100 valence electrons. The molecule has 0 radical (unpaired) electrons. The lowest BCUT2D eigenvalue weighted by atomic mass is 10.1. The molecule has 1 aliphatic heterocycles. The molecule has 1 aromatic rings. The van der Waals surface area contributed by atoms with Gasteiger partial charge in [-0.15, -0.1) is 0 Å². The fourth-order valence-corrected chi connectivity index (χ4v) is 2.32. The second kappa shape index (κ2) is 4.66. The molecule has 5 nitrogen and oxygen atoms in total. The number of nitrogens with zero attached hydrogens (tertiary/aromatic N) is 2. The first-order chi connectivity index (χ1) is 9.18. The van der Waals surface area contributed by atoms with Crippen LogP contribution in [0.3, 0.4) is 0 Å². The van der Waals surface area contributed by atoms with E-state index in [0.29, 0.717) is 0 Å². The number of benzene rings is 1. The summed E-state index contributed by atoms with van der Waals surface area (Å²) in [6.45, 7) is 0.272. The van der Waals surface area contributed by atoms with Gasteiger partial charge in [0, 0.05) is 13.0 Å². The molecular formula is C14H16N2O3. The summed E-state index contributed by atoms with van der Waals surface area (Å²) in [7, 11) is 1.76. The van der Waals surface area contributed by atoms with Crippen LogP contribution in [0.5, 0.6) is 0 Å². The van der Waals surface area contributed by atoms with Crippen LogP contribution in [-0.2, 0) is 9.53 Å². The van der Waals surface area contributed by atoms with E-state index in [2.05, 4.69) is 0 Å². The molecule has 0 unspecified atom stereocenters. The highest BCUT2D eigenvalue weighted by molar-refractivity contribution is 5.94. The molecule has 1 saturated carbocycles. The first-order valence-electron chi connectivity index (χ1n) is 6.47. The predicted molar refractivity (Wildman–Crippen MR) is 67.9 cm³/mol. The number of carbonyl (C=O) groups excluding carboxylic acids is 2. The fourth-order valence-electron chi connectivity index (χ4n) is 2.32. The number of hydrogen-bond donors (Lipinski definition) is 0. The van der Waals surface area contributed by atoms with Crippen LogP contribution in [0.25, 0.3) is 0 Å². The molecule has 2 amide bonds. The SMILES string of the molecule is CN1[C@H](c2ccccc2)COC(=O)N1C(=O)C1CC1. The van der Waals surface area contributed by atoms with Gasteiger partial charge < -0.3 is 4.74 Å². The highest BCUT2D eigenvalue weighted by Gasteiger charge is 2.43. The van der Waals surface area contributed by atoms with Crippen LogP contribution < -0.4 is 0 Å². The maximum absolute atomic E-state index is 12.1. The number of hydrazine groups is 1. The van der Waals surface area contributed by atoms with Crippen molar-refractivity contribution in [2.24, 2.45) is 5.92 Å². The molecule has 1 atom stereocenters. The van der Waals surface area contributed by atoms with E-state index >= 15 is 0 Å².